The van der Waals surface area contributed by atoms with E-state index in [1.165, 1.54) is 12.4 Å². The second kappa shape index (κ2) is 5.87. The molecular formula is C9H17N3O2S. The molecule has 0 spiro atoms. The zero-order valence-corrected chi connectivity index (χ0v) is 9.68. The van der Waals surface area contributed by atoms with Crippen molar-refractivity contribution in [3.05, 3.63) is 12.4 Å². The van der Waals surface area contributed by atoms with Gasteiger partial charge in [0, 0.05) is 12.7 Å². The van der Waals surface area contributed by atoms with Crippen LogP contribution in [0.25, 0.3) is 0 Å². The van der Waals surface area contributed by atoms with Gasteiger partial charge < -0.3 is 0 Å². The Morgan fingerprint density at radius 3 is 2.80 bits per heavy atom. The number of hydrogen-bond donors (Lipinski definition) is 2. The highest BCUT2D eigenvalue weighted by Gasteiger charge is 2.13. The predicted octanol–water partition coefficient (Wildman–Crippen LogP) is 1.27. The van der Waals surface area contributed by atoms with Crippen molar-refractivity contribution < 1.29 is 8.42 Å². The molecule has 1 rings (SSSR count). The van der Waals surface area contributed by atoms with Gasteiger partial charge in [-0.2, -0.15) is 5.10 Å². The molecule has 1 heterocycles. The number of rotatable bonds is 7. The summed E-state index contributed by atoms with van der Waals surface area (Å²) in [5.74, 6) is 0. The summed E-state index contributed by atoms with van der Waals surface area (Å²) >= 11 is 0. The van der Waals surface area contributed by atoms with Crippen LogP contribution < -0.4 is 4.72 Å². The molecule has 0 atom stereocenters. The summed E-state index contributed by atoms with van der Waals surface area (Å²) in [6.45, 7) is 2.61. The van der Waals surface area contributed by atoms with Gasteiger partial charge in [0.25, 0.3) is 0 Å². The van der Waals surface area contributed by atoms with Gasteiger partial charge in [0.15, 0.2) is 0 Å². The first-order valence-corrected chi connectivity index (χ1v) is 6.63. The Morgan fingerprint density at radius 1 is 1.40 bits per heavy atom. The highest BCUT2D eigenvalue weighted by molar-refractivity contribution is 7.89. The van der Waals surface area contributed by atoms with Crippen LogP contribution in [0.4, 0.5) is 0 Å². The first-order chi connectivity index (χ1) is 7.17. The number of H-pyrrole nitrogens is 1. The minimum absolute atomic E-state index is 0.193. The molecule has 2 N–H and O–H groups in total. The number of aromatic nitrogens is 2. The van der Waals surface area contributed by atoms with Crippen molar-refractivity contribution in [2.24, 2.45) is 0 Å². The molecule has 86 valence electrons. The summed E-state index contributed by atoms with van der Waals surface area (Å²) in [4.78, 5) is 0.193. The van der Waals surface area contributed by atoms with Crippen molar-refractivity contribution in [2.45, 2.75) is 37.5 Å². The Labute approximate surface area is 90.3 Å². The maximum absolute atomic E-state index is 11.6. The molecule has 0 aliphatic carbocycles. The van der Waals surface area contributed by atoms with Crippen LogP contribution >= 0.6 is 0 Å². The van der Waals surface area contributed by atoms with Crippen molar-refractivity contribution in [2.75, 3.05) is 6.54 Å². The Bertz CT molecular complexity index is 359. The van der Waals surface area contributed by atoms with Crippen LogP contribution in [-0.4, -0.2) is 25.2 Å². The third kappa shape index (κ3) is 4.01. The van der Waals surface area contributed by atoms with E-state index in [-0.39, 0.29) is 4.90 Å². The highest BCUT2D eigenvalue weighted by Crippen LogP contribution is 2.04. The van der Waals surface area contributed by atoms with E-state index in [2.05, 4.69) is 21.8 Å². The standard InChI is InChI=1S/C9H17N3O2S/c1-2-3-4-5-6-12-15(13,14)9-7-10-11-8-9/h7-8,12H,2-6H2,1H3,(H,10,11). The third-order valence-electron chi connectivity index (χ3n) is 2.11. The maximum Gasteiger partial charge on any atom is 0.243 e. The maximum atomic E-state index is 11.6. The van der Waals surface area contributed by atoms with Crippen LogP contribution in [0.1, 0.15) is 32.6 Å². The Hall–Kier alpha value is -0.880. The second-order valence-electron chi connectivity index (χ2n) is 3.39. The van der Waals surface area contributed by atoms with Crippen LogP contribution in [0.15, 0.2) is 17.3 Å². The molecule has 6 heteroatoms. The average Bonchev–Trinajstić information content (AvgIpc) is 2.70. The Morgan fingerprint density at radius 2 is 2.20 bits per heavy atom. The lowest BCUT2D eigenvalue weighted by molar-refractivity contribution is 0.573. The molecule has 0 aliphatic rings. The Kier molecular flexibility index (Phi) is 4.77. The zero-order valence-electron chi connectivity index (χ0n) is 8.86. The molecule has 0 unspecified atom stereocenters. The van der Waals surface area contributed by atoms with E-state index >= 15 is 0 Å². The molecule has 0 amide bonds. The summed E-state index contributed by atoms with van der Waals surface area (Å²) in [7, 11) is -3.35. The van der Waals surface area contributed by atoms with Gasteiger partial charge in [-0.3, -0.25) is 5.10 Å². The summed E-state index contributed by atoms with van der Waals surface area (Å²) in [6, 6.07) is 0. The van der Waals surface area contributed by atoms with Gasteiger partial charge in [-0.1, -0.05) is 26.2 Å². The fraction of sp³-hybridized carbons (Fsp3) is 0.667. The molecule has 0 saturated carbocycles. The smallest absolute Gasteiger partial charge is 0.243 e. The summed E-state index contributed by atoms with van der Waals surface area (Å²) in [6.07, 6.45) is 6.90. The van der Waals surface area contributed by atoms with Crippen LogP contribution in [-0.2, 0) is 10.0 Å². The number of sulfonamides is 1. The quantitative estimate of drug-likeness (QED) is 0.694. The van der Waals surface area contributed by atoms with E-state index in [1.807, 2.05) is 0 Å². The summed E-state index contributed by atoms with van der Waals surface area (Å²) < 4.78 is 25.6. The highest BCUT2D eigenvalue weighted by atomic mass is 32.2. The first-order valence-electron chi connectivity index (χ1n) is 5.15. The minimum atomic E-state index is -3.35. The predicted molar refractivity (Wildman–Crippen MR) is 57.9 cm³/mol. The van der Waals surface area contributed by atoms with Crippen molar-refractivity contribution in [1.29, 1.82) is 0 Å². The van der Waals surface area contributed by atoms with Crippen LogP contribution in [0, 0.1) is 0 Å². The topological polar surface area (TPSA) is 74.8 Å². The van der Waals surface area contributed by atoms with Gasteiger partial charge in [0.1, 0.15) is 4.90 Å². The third-order valence-corrected chi connectivity index (χ3v) is 3.53. The molecule has 0 radical (unpaired) electrons. The number of nitrogens with one attached hydrogen (secondary N) is 2. The number of unbranched alkanes of at least 4 members (excludes halogenated alkanes) is 3. The molecule has 0 aromatic carbocycles. The van der Waals surface area contributed by atoms with Crippen LogP contribution in [0.5, 0.6) is 0 Å². The molecule has 0 bridgehead atoms. The van der Waals surface area contributed by atoms with Gasteiger partial charge in [-0.15, -0.1) is 0 Å². The van der Waals surface area contributed by atoms with Crippen LogP contribution in [0.2, 0.25) is 0 Å². The van der Waals surface area contributed by atoms with E-state index in [0.717, 1.165) is 25.7 Å². The van der Waals surface area contributed by atoms with E-state index in [9.17, 15) is 8.42 Å². The van der Waals surface area contributed by atoms with Gasteiger partial charge in [0.05, 0.1) is 6.20 Å². The lowest BCUT2D eigenvalue weighted by atomic mass is 10.2. The van der Waals surface area contributed by atoms with E-state index in [4.69, 9.17) is 0 Å². The first kappa shape index (κ1) is 12.2. The molecular weight excluding hydrogens is 214 g/mol. The summed E-state index contributed by atoms with van der Waals surface area (Å²) in [5.41, 5.74) is 0. The Balaban J connectivity index is 2.32. The monoisotopic (exact) mass is 231 g/mol. The van der Waals surface area contributed by atoms with Crippen LogP contribution in [0.3, 0.4) is 0 Å². The van der Waals surface area contributed by atoms with Gasteiger partial charge in [-0.05, 0) is 6.42 Å². The second-order valence-corrected chi connectivity index (χ2v) is 5.16. The largest absolute Gasteiger partial charge is 0.284 e. The van der Waals surface area contributed by atoms with E-state index in [0.29, 0.717) is 6.54 Å². The van der Waals surface area contributed by atoms with Crippen molar-refractivity contribution >= 4 is 10.0 Å². The normalized spacial score (nSPS) is 11.8. The van der Waals surface area contributed by atoms with E-state index in [1.54, 1.807) is 0 Å². The molecule has 15 heavy (non-hydrogen) atoms. The molecule has 1 aromatic heterocycles. The number of aromatic amines is 1. The molecule has 5 nitrogen and oxygen atoms in total. The number of nitrogens with zero attached hydrogens (tertiary/aromatic N) is 1. The van der Waals surface area contributed by atoms with Gasteiger partial charge in [0.2, 0.25) is 10.0 Å². The molecule has 0 fully saturated rings. The average molecular weight is 231 g/mol. The van der Waals surface area contributed by atoms with Gasteiger partial charge in [-0.25, -0.2) is 13.1 Å². The number of hydrogen-bond acceptors (Lipinski definition) is 3. The SMILES string of the molecule is CCCCCCNS(=O)(=O)c1cn[nH]c1. The minimum Gasteiger partial charge on any atom is -0.284 e. The zero-order chi connectivity index (χ0) is 11.1. The van der Waals surface area contributed by atoms with Crippen molar-refractivity contribution in [1.82, 2.24) is 14.9 Å². The lowest BCUT2D eigenvalue weighted by Crippen LogP contribution is -2.24. The molecule has 0 aliphatic heterocycles. The van der Waals surface area contributed by atoms with Crippen molar-refractivity contribution in [3.63, 3.8) is 0 Å². The molecule has 1 aromatic rings. The lowest BCUT2D eigenvalue weighted by Gasteiger charge is -2.03. The summed E-state index contributed by atoms with van der Waals surface area (Å²) in [5, 5.41) is 6.08. The van der Waals surface area contributed by atoms with Crippen molar-refractivity contribution in [3.8, 4) is 0 Å². The fourth-order valence-electron chi connectivity index (χ4n) is 1.23. The van der Waals surface area contributed by atoms with E-state index < -0.39 is 10.0 Å². The fourth-order valence-corrected chi connectivity index (χ4v) is 2.21. The van der Waals surface area contributed by atoms with Gasteiger partial charge >= 0.3 is 0 Å². The molecule has 0 saturated heterocycles.